The van der Waals surface area contributed by atoms with Crippen LogP contribution < -0.4 is 5.32 Å². The van der Waals surface area contributed by atoms with Crippen molar-refractivity contribution in [2.24, 2.45) is 0 Å². The highest BCUT2D eigenvalue weighted by Crippen LogP contribution is 2.40. The molecule has 5 heteroatoms. The van der Waals surface area contributed by atoms with Gasteiger partial charge in [0.2, 0.25) is 9.84 Å². The lowest BCUT2D eigenvalue weighted by atomic mass is 10.1. The molecule has 0 saturated heterocycles. The van der Waals surface area contributed by atoms with Crippen LogP contribution in [0, 0.1) is 13.8 Å². The first-order valence-electron chi connectivity index (χ1n) is 7.85. The first kappa shape index (κ1) is 15.0. The second kappa shape index (κ2) is 5.24. The number of anilines is 2. The number of benzene rings is 2. The third kappa shape index (κ3) is 2.08. The molecular formula is C19H18N2O2S. The van der Waals surface area contributed by atoms with Gasteiger partial charge in [-0.2, -0.15) is 0 Å². The molecular weight excluding hydrogens is 320 g/mol. The summed E-state index contributed by atoms with van der Waals surface area (Å²) in [6, 6.07) is 16.6. The zero-order valence-corrected chi connectivity index (χ0v) is 14.4. The summed E-state index contributed by atoms with van der Waals surface area (Å²) in [5.41, 5.74) is 3.90. The van der Waals surface area contributed by atoms with Crippen LogP contribution in [0.15, 0.2) is 64.4 Å². The molecule has 1 N–H and O–H groups in total. The predicted octanol–water partition coefficient (Wildman–Crippen LogP) is 4.04. The highest BCUT2D eigenvalue weighted by molar-refractivity contribution is 7.91. The maximum atomic E-state index is 13.2. The SMILES string of the molecule is Cc1c(S(=O)(=O)c2ccccc2)c2n(c1C)Cc1ccccc1N2. The number of aromatic nitrogens is 1. The Balaban J connectivity index is 1.94. The quantitative estimate of drug-likeness (QED) is 0.600. The number of rotatable bonds is 2. The van der Waals surface area contributed by atoms with Gasteiger partial charge < -0.3 is 9.88 Å². The van der Waals surface area contributed by atoms with E-state index >= 15 is 0 Å². The number of hydrogen-bond acceptors (Lipinski definition) is 3. The van der Waals surface area contributed by atoms with Crippen molar-refractivity contribution in [2.45, 2.75) is 30.2 Å². The van der Waals surface area contributed by atoms with Crippen LogP contribution in [0.5, 0.6) is 0 Å². The topological polar surface area (TPSA) is 51.1 Å². The van der Waals surface area contributed by atoms with Crippen LogP contribution in [0.4, 0.5) is 11.5 Å². The molecule has 0 spiro atoms. The Labute approximate surface area is 141 Å². The summed E-state index contributed by atoms with van der Waals surface area (Å²) in [5, 5.41) is 3.33. The molecule has 2 heterocycles. The van der Waals surface area contributed by atoms with E-state index in [0.29, 0.717) is 22.2 Å². The lowest BCUT2D eigenvalue weighted by Gasteiger charge is -2.23. The fourth-order valence-electron chi connectivity index (χ4n) is 3.28. The number of sulfone groups is 1. The van der Waals surface area contributed by atoms with Crippen molar-refractivity contribution in [3.05, 3.63) is 71.4 Å². The van der Waals surface area contributed by atoms with Gasteiger partial charge in [0.25, 0.3) is 0 Å². The summed E-state index contributed by atoms with van der Waals surface area (Å²) >= 11 is 0. The van der Waals surface area contributed by atoms with Crippen LogP contribution in [-0.4, -0.2) is 13.0 Å². The highest BCUT2D eigenvalue weighted by atomic mass is 32.2. The van der Waals surface area contributed by atoms with E-state index in [1.54, 1.807) is 24.3 Å². The Morgan fingerprint density at radius 1 is 0.958 bits per heavy atom. The molecule has 4 nitrogen and oxygen atoms in total. The molecule has 1 aliphatic heterocycles. The minimum atomic E-state index is -3.58. The lowest BCUT2D eigenvalue weighted by Crippen LogP contribution is -2.15. The molecule has 0 fully saturated rings. The first-order valence-corrected chi connectivity index (χ1v) is 9.33. The van der Waals surface area contributed by atoms with Gasteiger partial charge in [-0.05, 0) is 43.2 Å². The number of nitrogens with zero attached hydrogens (tertiary/aromatic N) is 1. The van der Waals surface area contributed by atoms with Gasteiger partial charge in [0.1, 0.15) is 10.7 Å². The molecule has 0 bridgehead atoms. The Kier molecular flexibility index (Phi) is 3.28. The van der Waals surface area contributed by atoms with Gasteiger partial charge in [0.05, 0.1) is 11.4 Å². The summed E-state index contributed by atoms with van der Waals surface area (Å²) in [7, 11) is -3.58. The predicted molar refractivity (Wildman–Crippen MR) is 94.6 cm³/mol. The average molecular weight is 338 g/mol. The van der Waals surface area contributed by atoms with Crippen molar-refractivity contribution in [3.63, 3.8) is 0 Å². The minimum Gasteiger partial charge on any atom is -0.340 e. The van der Waals surface area contributed by atoms with E-state index < -0.39 is 9.84 Å². The standard InChI is InChI=1S/C19H18N2O2S/c1-13-14(2)21-12-15-8-6-7-11-17(15)20-19(21)18(13)24(22,23)16-9-4-3-5-10-16/h3-11,20H,12H2,1-2H3. The van der Waals surface area contributed by atoms with E-state index in [1.165, 1.54) is 0 Å². The van der Waals surface area contributed by atoms with Gasteiger partial charge in [-0.15, -0.1) is 0 Å². The third-order valence-electron chi connectivity index (χ3n) is 4.69. The molecule has 1 aliphatic rings. The average Bonchev–Trinajstić information content (AvgIpc) is 2.85. The van der Waals surface area contributed by atoms with Crippen LogP contribution in [0.25, 0.3) is 0 Å². The van der Waals surface area contributed by atoms with Crippen molar-refractivity contribution in [2.75, 3.05) is 5.32 Å². The Morgan fingerprint density at radius 3 is 2.38 bits per heavy atom. The summed E-state index contributed by atoms with van der Waals surface area (Å²) in [6.07, 6.45) is 0. The smallest absolute Gasteiger partial charge is 0.210 e. The Hall–Kier alpha value is -2.53. The Morgan fingerprint density at radius 2 is 1.62 bits per heavy atom. The van der Waals surface area contributed by atoms with E-state index in [9.17, 15) is 8.42 Å². The Bertz CT molecular complexity index is 1030. The number of hydrogen-bond donors (Lipinski definition) is 1. The normalized spacial score (nSPS) is 13.1. The van der Waals surface area contributed by atoms with Gasteiger partial charge in [-0.25, -0.2) is 8.42 Å². The van der Waals surface area contributed by atoms with Crippen molar-refractivity contribution in [1.29, 1.82) is 0 Å². The largest absolute Gasteiger partial charge is 0.340 e. The first-order chi connectivity index (χ1) is 11.5. The molecule has 3 aromatic rings. The van der Waals surface area contributed by atoms with Crippen LogP contribution in [0.3, 0.4) is 0 Å². The fraction of sp³-hybridized carbons (Fsp3) is 0.158. The molecule has 0 amide bonds. The van der Waals surface area contributed by atoms with Gasteiger partial charge in [-0.3, -0.25) is 0 Å². The molecule has 24 heavy (non-hydrogen) atoms. The van der Waals surface area contributed by atoms with Gasteiger partial charge in [0.15, 0.2) is 0 Å². The second-order valence-corrected chi connectivity index (χ2v) is 7.96. The molecule has 0 unspecified atom stereocenters. The van der Waals surface area contributed by atoms with Crippen LogP contribution in [-0.2, 0) is 16.4 Å². The van der Waals surface area contributed by atoms with Crippen molar-refractivity contribution < 1.29 is 8.42 Å². The van der Waals surface area contributed by atoms with E-state index in [4.69, 9.17) is 0 Å². The highest BCUT2D eigenvalue weighted by Gasteiger charge is 2.31. The fourth-order valence-corrected chi connectivity index (χ4v) is 5.00. The number of para-hydroxylation sites is 1. The number of nitrogens with one attached hydrogen (secondary N) is 1. The lowest BCUT2D eigenvalue weighted by molar-refractivity contribution is 0.595. The van der Waals surface area contributed by atoms with E-state index in [-0.39, 0.29) is 0 Å². The summed E-state index contributed by atoms with van der Waals surface area (Å²) in [5.74, 6) is 0.660. The van der Waals surface area contributed by atoms with E-state index in [2.05, 4.69) is 11.4 Å². The minimum absolute atomic E-state index is 0.321. The molecule has 122 valence electrons. The zero-order chi connectivity index (χ0) is 16.9. The molecule has 1 aromatic heterocycles. The third-order valence-corrected chi connectivity index (χ3v) is 6.62. The summed E-state index contributed by atoms with van der Waals surface area (Å²) in [4.78, 5) is 0.697. The molecule has 0 atom stereocenters. The summed E-state index contributed by atoms with van der Waals surface area (Å²) < 4.78 is 28.4. The molecule has 0 saturated carbocycles. The summed E-state index contributed by atoms with van der Waals surface area (Å²) in [6.45, 7) is 4.52. The van der Waals surface area contributed by atoms with Crippen molar-refractivity contribution >= 4 is 21.3 Å². The van der Waals surface area contributed by atoms with Crippen molar-refractivity contribution in [3.8, 4) is 0 Å². The van der Waals surface area contributed by atoms with E-state index in [1.807, 2.05) is 42.7 Å². The molecule has 0 radical (unpaired) electrons. The van der Waals surface area contributed by atoms with Gasteiger partial charge in [0, 0.05) is 11.4 Å². The van der Waals surface area contributed by atoms with Crippen LogP contribution >= 0.6 is 0 Å². The zero-order valence-electron chi connectivity index (χ0n) is 13.6. The number of fused-ring (bicyclic) bond motifs is 2. The molecule has 0 aliphatic carbocycles. The van der Waals surface area contributed by atoms with Crippen molar-refractivity contribution in [1.82, 2.24) is 4.57 Å². The molecule has 2 aromatic carbocycles. The monoisotopic (exact) mass is 338 g/mol. The molecule has 4 rings (SSSR count). The van der Waals surface area contributed by atoms with E-state index in [0.717, 1.165) is 22.5 Å². The van der Waals surface area contributed by atoms with Crippen LogP contribution in [0.1, 0.15) is 16.8 Å². The maximum absolute atomic E-state index is 13.2. The maximum Gasteiger partial charge on any atom is 0.210 e. The van der Waals surface area contributed by atoms with Crippen LogP contribution in [0.2, 0.25) is 0 Å². The second-order valence-electron chi connectivity index (χ2n) is 6.07. The van der Waals surface area contributed by atoms with Gasteiger partial charge >= 0.3 is 0 Å². The van der Waals surface area contributed by atoms with Gasteiger partial charge in [-0.1, -0.05) is 36.4 Å².